The Labute approximate surface area is 453 Å². The second-order valence-electron chi connectivity index (χ2n) is 20.9. The van der Waals surface area contributed by atoms with Crippen LogP contribution in [0.25, 0.3) is 0 Å². The summed E-state index contributed by atoms with van der Waals surface area (Å²) in [5.74, 6) is -0.876. The Kier molecular flexibility index (Phi) is 58.7. The van der Waals surface area contributed by atoms with E-state index in [1.165, 1.54) is 167 Å². The minimum absolute atomic E-state index is 0.0765. The summed E-state index contributed by atoms with van der Waals surface area (Å²) in [6.45, 7) is 6.49. The molecule has 0 spiro atoms. The molecule has 0 fully saturated rings. The van der Waals surface area contributed by atoms with Crippen molar-refractivity contribution in [1.29, 1.82) is 0 Å². The lowest BCUT2D eigenvalue weighted by Gasteiger charge is -2.18. The predicted molar refractivity (Wildman–Crippen MR) is 316 cm³/mol. The van der Waals surface area contributed by atoms with Crippen molar-refractivity contribution >= 4 is 17.9 Å². The van der Waals surface area contributed by atoms with E-state index in [4.69, 9.17) is 14.2 Å². The Morgan fingerprint density at radius 2 is 0.562 bits per heavy atom. The highest BCUT2D eigenvalue weighted by molar-refractivity contribution is 5.71. The van der Waals surface area contributed by atoms with Crippen LogP contribution in [0.15, 0.2) is 72.9 Å². The van der Waals surface area contributed by atoms with E-state index < -0.39 is 6.10 Å². The largest absolute Gasteiger partial charge is 0.462 e. The molecule has 0 aliphatic heterocycles. The van der Waals surface area contributed by atoms with E-state index in [1.807, 2.05) is 0 Å². The second-order valence-corrected chi connectivity index (χ2v) is 20.9. The van der Waals surface area contributed by atoms with Gasteiger partial charge in [-0.1, -0.05) is 286 Å². The number of hydrogen-bond donors (Lipinski definition) is 0. The summed E-state index contributed by atoms with van der Waals surface area (Å²) in [7, 11) is 0. The zero-order valence-electron chi connectivity index (χ0n) is 48.4. The van der Waals surface area contributed by atoms with Crippen molar-refractivity contribution in [2.45, 2.75) is 322 Å². The average molecular weight is 1020 g/mol. The van der Waals surface area contributed by atoms with E-state index in [2.05, 4.69) is 93.7 Å². The SMILES string of the molecule is CC/C=C\C/C=C\C/C=C\C/C=C\CCCCCCCCCCCCCCCCC(=O)OCC(COC(=O)CCCCCCC/C=C\C/C=C\CCC)OC(=O)CCCCCCCCCCCCCCCCC. The van der Waals surface area contributed by atoms with Crippen LogP contribution in [0.4, 0.5) is 0 Å². The van der Waals surface area contributed by atoms with Gasteiger partial charge in [0, 0.05) is 19.3 Å². The Bertz CT molecular complexity index is 1360. The van der Waals surface area contributed by atoms with Crippen molar-refractivity contribution in [2.75, 3.05) is 13.2 Å². The standard InChI is InChI=1S/C67H118O6/c1-4-7-10-13-16-19-22-25-27-28-29-30-31-32-33-34-35-36-37-38-40-42-45-48-51-54-57-60-66(69)72-63-64(62-71-65(68)59-56-53-50-47-44-41-24-21-18-15-12-9-6-3)73-67(70)61-58-55-52-49-46-43-39-26-23-20-17-14-11-8-5-2/h7,10,12,15-16,19,21,24-25,27,29-30,64H,4-6,8-9,11,13-14,17-18,20,22-23,26,28,31-63H2,1-3H3/b10-7-,15-12-,19-16-,24-21-,27-25-,30-29-. The molecule has 0 bridgehead atoms. The van der Waals surface area contributed by atoms with Crippen molar-refractivity contribution < 1.29 is 28.6 Å². The summed E-state index contributed by atoms with van der Waals surface area (Å²) < 4.78 is 16.9. The number of allylic oxidation sites excluding steroid dienone is 12. The number of esters is 3. The smallest absolute Gasteiger partial charge is 0.306 e. The maximum absolute atomic E-state index is 12.9. The lowest BCUT2D eigenvalue weighted by molar-refractivity contribution is -0.167. The van der Waals surface area contributed by atoms with Crippen LogP contribution in [0.3, 0.4) is 0 Å². The number of rotatable bonds is 57. The first-order chi connectivity index (χ1) is 36.0. The number of hydrogen-bond acceptors (Lipinski definition) is 6. The molecule has 0 aromatic heterocycles. The molecule has 0 aromatic rings. The van der Waals surface area contributed by atoms with Gasteiger partial charge in [0.25, 0.3) is 0 Å². The van der Waals surface area contributed by atoms with E-state index >= 15 is 0 Å². The highest BCUT2D eigenvalue weighted by atomic mass is 16.6. The minimum Gasteiger partial charge on any atom is -0.462 e. The highest BCUT2D eigenvalue weighted by Gasteiger charge is 2.19. The second kappa shape index (κ2) is 61.4. The van der Waals surface area contributed by atoms with E-state index in [9.17, 15) is 14.4 Å². The monoisotopic (exact) mass is 1020 g/mol. The van der Waals surface area contributed by atoms with E-state index in [0.717, 1.165) is 109 Å². The van der Waals surface area contributed by atoms with Gasteiger partial charge in [-0.15, -0.1) is 0 Å². The van der Waals surface area contributed by atoms with Crippen molar-refractivity contribution in [3.05, 3.63) is 72.9 Å². The normalized spacial score (nSPS) is 12.5. The van der Waals surface area contributed by atoms with Crippen LogP contribution in [-0.4, -0.2) is 37.2 Å². The fourth-order valence-corrected chi connectivity index (χ4v) is 9.00. The number of carbonyl (C=O) groups is 3. The number of carbonyl (C=O) groups excluding carboxylic acids is 3. The van der Waals surface area contributed by atoms with Crippen LogP contribution >= 0.6 is 0 Å². The molecule has 422 valence electrons. The molecule has 73 heavy (non-hydrogen) atoms. The first-order valence-corrected chi connectivity index (χ1v) is 31.4. The van der Waals surface area contributed by atoms with Gasteiger partial charge in [0.05, 0.1) is 0 Å². The number of unbranched alkanes of at least 4 members (excludes halogenated alkanes) is 34. The summed E-state index contributed by atoms with van der Waals surface area (Å²) in [5, 5.41) is 0. The van der Waals surface area contributed by atoms with Gasteiger partial charge in [-0.2, -0.15) is 0 Å². The fraction of sp³-hybridized carbons (Fsp3) is 0.776. The molecule has 0 saturated heterocycles. The van der Waals surface area contributed by atoms with Gasteiger partial charge in [0.2, 0.25) is 0 Å². The van der Waals surface area contributed by atoms with E-state index in [0.29, 0.717) is 19.3 Å². The molecule has 0 rings (SSSR count). The highest BCUT2D eigenvalue weighted by Crippen LogP contribution is 2.17. The van der Waals surface area contributed by atoms with Crippen molar-refractivity contribution in [1.82, 2.24) is 0 Å². The third kappa shape index (κ3) is 59.6. The van der Waals surface area contributed by atoms with Gasteiger partial charge >= 0.3 is 17.9 Å². The molecular weight excluding hydrogens is 901 g/mol. The van der Waals surface area contributed by atoms with Crippen LogP contribution < -0.4 is 0 Å². The van der Waals surface area contributed by atoms with Crippen molar-refractivity contribution in [2.24, 2.45) is 0 Å². The molecule has 1 atom stereocenters. The lowest BCUT2D eigenvalue weighted by atomic mass is 10.0. The van der Waals surface area contributed by atoms with Gasteiger partial charge < -0.3 is 14.2 Å². The molecule has 0 saturated carbocycles. The Balaban J connectivity index is 4.23. The fourth-order valence-electron chi connectivity index (χ4n) is 9.00. The topological polar surface area (TPSA) is 78.9 Å². The van der Waals surface area contributed by atoms with Gasteiger partial charge in [-0.25, -0.2) is 0 Å². The van der Waals surface area contributed by atoms with E-state index in [1.54, 1.807) is 0 Å². The molecule has 0 heterocycles. The summed E-state index contributed by atoms with van der Waals surface area (Å²) in [6.07, 6.45) is 79.1. The summed E-state index contributed by atoms with van der Waals surface area (Å²) in [5.41, 5.74) is 0. The zero-order chi connectivity index (χ0) is 52.9. The van der Waals surface area contributed by atoms with Crippen LogP contribution in [0.5, 0.6) is 0 Å². The lowest BCUT2D eigenvalue weighted by Crippen LogP contribution is -2.30. The van der Waals surface area contributed by atoms with Crippen LogP contribution in [-0.2, 0) is 28.6 Å². The van der Waals surface area contributed by atoms with Crippen LogP contribution in [0, 0.1) is 0 Å². The molecular formula is C67H118O6. The Hall–Kier alpha value is -3.15. The molecule has 6 nitrogen and oxygen atoms in total. The molecule has 0 aliphatic rings. The minimum atomic E-state index is -0.779. The molecule has 0 amide bonds. The first kappa shape index (κ1) is 69.8. The van der Waals surface area contributed by atoms with Gasteiger partial charge in [-0.3, -0.25) is 14.4 Å². The van der Waals surface area contributed by atoms with Crippen LogP contribution in [0.2, 0.25) is 0 Å². The average Bonchev–Trinajstić information content (AvgIpc) is 3.39. The molecule has 6 heteroatoms. The first-order valence-electron chi connectivity index (χ1n) is 31.4. The van der Waals surface area contributed by atoms with Gasteiger partial charge in [-0.05, 0) is 83.5 Å². The van der Waals surface area contributed by atoms with Crippen molar-refractivity contribution in [3.63, 3.8) is 0 Å². The molecule has 0 radical (unpaired) electrons. The van der Waals surface area contributed by atoms with Gasteiger partial charge in [0.1, 0.15) is 13.2 Å². The van der Waals surface area contributed by atoms with Crippen molar-refractivity contribution in [3.8, 4) is 0 Å². The summed E-state index contributed by atoms with van der Waals surface area (Å²) in [4.78, 5) is 38.2. The summed E-state index contributed by atoms with van der Waals surface area (Å²) >= 11 is 0. The van der Waals surface area contributed by atoms with Gasteiger partial charge in [0.15, 0.2) is 6.10 Å². The zero-order valence-corrected chi connectivity index (χ0v) is 48.4. The third-order valence-electron chi connectivity index (χ3n) is 13.7. The maximum atomic E-state index is 12.9. The quantitative estimate of drug-likeness (QED) is 0.0261. The third-order valence-corrected chi connectivity index (χ3v) is 13.7. The van der Waals surface area contributed by atoms with E-state index in [-0.39, 0.29) is 31.1 Å². The molecule has 0 aromatic carbocycles. The Morgan fingerprint density at radius 1 is 0.288 bits per heavy atom. The molecule has 0 aliphatic carbocycles. The maximum Gasteiger partial charge on any atom is 0.306 e. The van der Waals surface area contributed by atoms with Crippen LogP contribution in [0.1, 0.15) is 316 Å². The summed E-state index contributed by atoms with van der Waals surface area (Å²) in [6, 6.07) is 0. The Morgan fingerprint density at radius 3 is 0.890 bits per heavy atom. The number of ether oxygens (including phenoxy) is 3. The molecule has 0 N–H and O–H groups in total. The predicted octanol–water partition coefficient (Wildman–Crippen LogP) is 21.3. The molecule has 1 unspecified atom stereocenters.